The zero-order chi connectivity index (χ0) is 13.7. The third-order valence-electron chi connectivity index (χ3n) is 2.24. The third-order valence-corrected chi connectivity index (χ3v) is 3.50. The second-order valence-corrected chi connectivity index (χ2v) is 5.23. The van der Waals surface area contributed by atoms with Crippen molar-refractivity contribution in [3.63, 3.8) is 0 Å². The molecule has 5 nitrogen and oxygen atoms in total. The summed E-state index contributed by atoms with van der Waals surface area (Å²) in [6.07, 6.45) is 0.250. The lowest BCUT2D eigenvalue weighted by Crippen LogP contribution is -1.97. The second-order valence-electron chi connectivity index (χ2n) is 3.74. The number of nitrogens with zero attached hydrogens (tertiary/aromatic N) is 2. The number of thioether (sulfide) groups is 1. The molecule has 7 heteroatoms. The highest BCUT2D eigenvalue weighted by Gasteiger charge is 2.08. The van der Waals surface area contributed by atoms with Crippen molar-refractivity contribution in [3.8, 4) is 0 Å². The van der Waals surface area contributed by atoms with E-state index in [2.05, 4.69) is 10.1 Å². The molecule has 0 atom stereocenters. The maximum absolute atomic E-state index is 10.4. The molecule has 19 heavy (non-hydrogen) atoms. The molecule has 1 heterocycles. The van der Waals surface area contributed by atoms with Crippen LogP contribution in [-0.4, -0.2) is 21.2 Å². The van der Waals surface area contributed by atoms with E-state index in [-0.39, 0.29) is 12.8 Å². The summed E-state index contributed by atoms with van der Waals surface area (Å²) in [7, 11) is 0. The number of aromatic nitrogens is 2. The number of aryl methyl sites for hydroxylation is 1. The first-order chi connectivity index (χ1) is 9.13. The molecule has 0 saturated carbocycles. The molecule has 1 N–H and O–H groups in total. The van der Waals surface area contributed by atoms with E-state index in [1.165, 1.54) is 0 Å². The molecular weight excluding hydrogens is 288 g/mol. The maximum Gasteiger partial charge on any atom is 0.303 e. The lowest BCUT2D eigenvalue weighted by molar-refractivity contribution is -0.137. The topological polar surface area (TPSA) is 76.2 Å². The van der Waals surface area contributed by atoms with Gasteiger partial charge in [0.1, 0.15) is 0 Å². The summed E-state index contributed by atoms with van der Waals surface area (Å²) in [5, 5.41) is 13.0. The van der Waals surface area contributed by atoms with E-state index in [1.807, 2.05) is 24.3 Å². The Morgan fingerprint density at radius 2 is 2.11 bits per heavy atom. The van der Waals surface area contributed by atoms with E-state index in [0.717, 1.165) is 4.90 Å². The predicted octanol–water partition coefficient (Wildman–Crippen LogP) is 3.03. The zero-order valence-corrected chi connectivity index (χ0v) is 11.4. The van der Waals surface area contributed by atoms with Crippen LogP contribution in [0.5, 0.6) is 0 Å². The van der Waals surface area contributed by atoms with E-state index in [1.54, 1.807) is 11.8 Å². The Kier molecular flexibility index (Phi) is 4.81. The van der Waals surface area contributed by atoms with Crippen LogP contribution in [-0.2, 0) is 17.0 Å². The highest BCUT2D eigenvalue weighted by molar-refractivity contribution is 7.98. The van der Waals surface area contributed by atoms with Crippen LogP contribution in [0.15, 0.2) is 33.7 Å². The summed E-state index contributed by atoms with van der Waals surface area (Å²) < 4.78 is 4.96. The van der Waals surface area contributed by atoms with Crippen LogP contribution in [0.2, 0.25) is 5.02 Å². The molecule has 0 bridgehead atoms. The molecule has 0 saturated heterocycles. The highest BCUT2D eigenvalue weighted by atomic mass is 35.5. The quantitative estimate of drug-likeness (QED) is 0.826. The number of carboxylic acid groups (broad SMARTS) is 1. The van der Waals surface area contributed by atoms with Crippen molar-refractivity contribution in [2.24, 2.45) is 0 Å². The van der Waals surface area contributed by atoms with Gasteiger partial charge in [-0.05, 0) is 24.3 Å². The molecule has 0 spiro atoms. The van der Waals surface area contributed by atoms with Crippen molar-refractivity contribution in [2.75, 3.05) is 0 Å². The van der Waals surface area contributed by atoms with Crippen LogP contribution >= 0.6 is 23.4 Å². The van der Waals surface area contributed by atoms with E-state index in [4.69, 9.17) is 21.2 Å². The monoisotopic (exact) mass is 298 g/mol. The summed E-state index contributed by atoms with van der Waals surface area (Å²) in [5.41, 5.74) is 0. The Morgan fingerprint density at radius 1 is 1.37 bits per heavy atom. The Hall–Kier alpha value is -1.53. The number of benzene rings is 1. The Morgan fingerprint density at radius 3 is 2.79 bits per heavy atom. The molecule has 0 radical (unpaired) electrons. The first-order valence-corrected chi connectivity index (χ1v) is 6.91. The van der Waals surface area contributed by atoms with Gasteiger partial charge in [-0.2, -0.15) is 4.98 Å². The lowest BCUT2D eigenvalue weighted by atomic mass is 10.3. The van der Waals surface area contributed by atoms with E-state index >= 15 is 0 Å². The zero-order valence-electron chi connectivity index (χ0n) is 9.88. The molecule has 0 amide bonds. The number of halogens is 1. The van der Waals surface area contributed by atoms with Crippen molar-refractivity contribution in [1.29, 1.82) is 0 Å². The van der Waals surface area contributed by atoms with Gasteiger partial charge in [-0.15, -0.1) is 11.8 Å². The molecule has 100 valence electrons. The summed E-state index contributed by atoms with van der Waals surface area (Å²) in [4.78, 5) is 15.6. The van der Waals surface area contributed by atoms with Crippen LogP contribution in [0.1, 0.15) is 18.1 Å². The summed E-state index contributed by atoms with van der Waals surface area (Å²) in [6.45, 7) is 0. The first kappa shape index (κ1) is 13.9. The van der Waals surface area contributed by atoms with Crippen molar-refractivity contribution < 1.29 is 14.4 Å². The standard InChI is InChI=1S/C12H11ClN2O3S/c13-8-1-3-9(4-2-8)19-7-10-14-11(18-15-10)5-6-12(16)17/h1-4H,5-7H2,(H,16,17). The molecule has 0 fully saturated rings. The molecule has 1 aromatic carbocycles. The van der Waals surface area contributed by atoms with Gasteiger partial charge in [0.05, 0.1) is 12.2 Å². The number of carboxylic acids is 1. The van der Waals surface area contributed by atoms with Gasteiger partial charge in [0.15, 0.2) is 5.82 Å². The largest absolute Gasteiger partial charge is 0.481 e. The van der Waals surface area contributed by atoms with Crippen LogP contribution < -0.4 is 0 Å². The van der Waals surface area contributed by atoms with Crippen LogP contribution in [0.4, 0.5) is 0 Å². The van der Waals surface area contributed by atoms with Crippen LogP contribution in [0.3, 0.4) is 0 Å². The summed E-state index contributed by atoms with van der Waals surface area (Å²) in [5.74, 6) is 0.600. The number of aliphatic carboxylic acids is 1. The minimum Gasteiger partial charge on any atom is -0.481 e. The minimum absolute atomic E-state index is 0.00798. The second kappa shape index (κ2) is 6.58. The average molecular weight is 299 g/mol. The number of rotatable bonds is 6. The SMILES string of the molecule is O=C(O)CCc1nc(CSc2ccc(Cl)cc2)no1. The van der Waals surface area contributed by atoms with Gasteiger partial charge in [-0.3, -0.25) is 4.79 Å². The summed E-state index contributed by atoms with van der Waals surface area (Å²) >= 11 is 7.36. The van der Waals surface area contributed by atoms with Gasteiger partial charge < -0.3 is 9.63 Å². The fourth-order valence-corrected chi connectivity index (χ4v) is 2.21. The van der Waals surface area contributed by atoms with Crippen molar-refractivity contribution >= 4 is 29.3 Å². The van der Waals surface area contributed by atoms with Crippen molar-refractivity contribution in [3.05, 3.63) is 41.0 Å². The van der Waals surface area contributed by atoms with Gasteiger partial charge in [0.2, 0.25) is 5.89 Å². The molecule has 1 aromatic heterocycles. The number of hydrogen-bond acceptors (Lipinski definition) is 5. The first-order valence-electron chi connectivity index (χ1n) is 5.55. The lowest BCUT2D eigenvalue weighted by Gasteiger charge is -1.97. The van der Waals surface area contributed by atoms with Crippen molar-refractivity contribution in [1.82, 2.24) is 10.1 Å². The van der Waals surface area contributed by atoms with E-state index in [0.29, 0.717) is 22.5 Å². The Balaban J connectivity index is 1.86. The third kappa shape index (κ3) is 4.57. The van der Waals surface area contributed by atoms with Gasteiger partial charge >= 0.3 is 5.97 Å². The van der Waals surface area contributed by atoms with Crippen LogP contribution in [0.25, 0.3) is 0 Å². The van der Waals surface area contributed by atoms with Gasteiger partial charge in [0, 0.05) is 16.3 Å². The fourth-order valence-electron chi connectivity index (χ4n) is 1.34. The number of carbonyl (C=O) groups is 1. The predicted molar refractivity (Wildman–Crippen MR) is 71.3 cm³/mol. The van der Waals surface area contributed by atoms with Gasteiger partial charge in [-0.1, -0.05) is 16.8 Å². The smallest absolute Gasteiger partial charge is 0.303 e. The molecule has 2 rings (SSSR count). The van der Waals surface area contributed by atoms with Crippen molar-refractivity contribution in [2.45, 2.75) is 23.5 Å². The summed E-state index contributed by atoms with van der Waals surface area (Å²) in [6, 6.07) is 7.47. The molecule has 0 aliphatic rings. The van der Waals surface area contributed by atoms with Gasteiger partial charge in [-0.25, -0.2) is 0 Å². The minimum atomic E-state index is -0.879. The normalized spacial score (nSPS) is 10.6. The molecule has 2 aromatic rings. The molecular formula is C12H11ClN2O3S. The van der Waals surface area contributed by atoms with E-state index in [9.17, 15) is 4.79 Å². The Labute approximate surface area is 119 Å². The maximum atomic E-state index is 10.4. The van der Waals surface area contributed by atoms with Crippen LogP contribution in [0, 0.1) is 0 Å². The average Bonchev–Trinajstić information content (AvgIpc) is 2.84. The highest BCUT2D eigenvalue weighted by Crippen LogP contribution is 2.23. The molecule has 0 aliphatic carbocycles. The van der Waals surface area contributed by atoms with Gasteiger partial charge in [0.25, 0.3) is 0 Å². The molecule has 0 unspecified atom stereocenters. The Bertz CT molecular complexity index is 556. The number of hydrogen-bond donors (Lipinski definition) is 1. The fraction of sp³-hybridized carbons (Fsp3) is 0.250. The van der Waals surface area contributed by atoms with E-state index < -0.39 is 5.97 Å². The molecule has 0 aliphatic heterocycles.